The Morgan fingerprint density at radius 2 is 2.33 bits per heavy atom. The van der Waals surface area contributed by atoms with Crippen molar-refractivity contribution in [2.45, 2.75) is 13.8 Å². The number of aromatic nitrogens is 1. The average Bonchev–Trinajstić information content (AvgIpc) is 2.75. The van der Waals surface area contributed by atoms with Gasteiger partial charge in [0.1, 0.15) is 4.88 Å². The zero-order valence-corrected chi connectivity index (χ0v) is 13.7. The smallest absolute Gasteiger partial charge is 0.263 e. The minimum Gasteiger partial charge on any atom is -0.397 e. The Morgan fingerprint density at radius 1 is 1.57 bits per heavy atom. The molecule has 0 radical (unpaired) electrons. The van der Waals surface area contributed by atoms with Crippen LogP contribution in [0.3, 0.4) is 0 Å². The van der Waals surface area contributed by atoms with Gasteiger partial charge < -0.3 is 11.1 Å². The molecule has 4 nitrogen and oxygen atoms in total. The molecule has 1 amide bonds. The first kappa shape index (κ1) is 15.7. The first-order valence-corrected chi connectivity index (χ1v) is 8.47. The van der Waals surface area contributed by atoms with Crippen molar-refractivity contribution in [2.24, 2.45) is 0 Å². The zero-order valence-electron chi connectivity index (χ0n) is 12.0. The van der Waals surface area contributed by atoms with Crippen LogP contribution in [-0.4, -0.2) is 28.9 Å². The summed E-state index contributed by atoms with van der Waals surface area (Å²) in [7, 11) is 0. The first-order valence-electron chi connectivity index (χ1n) is 6.50. The molecule has 21 heavy (non-hydrogen) atoms. The van der Waals surface area contributed by atoms with Gasteiger partial charge in [-0.05, 0) is 19.9 Å². The zero-order chi connectivity index (χ0) is 15.4. The monoisotopic (exact) mass is 319 g/mol. The van der Waals surface area contributed by atoms with Crippen molar-refractivity contribution in [3.8, 4) is 12.3 Å². The normalized spacial score (nSPS) is 10.5. The number of nitrogens with zero attached hydrogens (tertiary/aromatic N) is 1. The molecule has 3 N–H and O–H groups in total. The van der Waals surface area contributed by atoms with Crippen LogP contribution in [0.15, 0.2) is 6.07 Å². The van der Waals surface area contributed by atoms with Crippen LogP contribution in [0.1, 0.15) is 21.1 Å². The lowest BCUT2D eigenvalue weighted by molar-refractivity contribution is 0.0961. The van der Waals surface area contributed by atoms with Crippen LogP contribution >= 0.6 is 23.1 Å². The highest BCUT2D eigenvalue weighted by molar-refractivity contribution is 7.99. The predicted molar refractivity (Wildman–Crippen MR) is 92.0 cm³/mol. The molecule has 0 aliphatic heterocycles. The number of amides is 1. The van der Waals surface area contributed by atoms with Crippen molar-refractivity contribution in [1.29, 1.82) is 0 Å². The fraction of sp³-hybridized carbons (Fsp3) is 0.333. The molecule has 2 rings (SSSR count). The highest BCUT2D eigenvalue weighted by atomic mass is 32.2. The predicted octanol–water partition coefficient (Wildman–Crippen LogP) is 2.59. The summed E-state index contributed by atoms with van der Waals surface area (Å²) in [4.78, 5) is 17.2. The Morgan fingerprint density at radius 3 is 3.05 bits per heavy atom. The van der Waals surface area contributed by atoms with E-state index in [1.807, 2.05) is 19.9 Å². The molecular formula is C15H17N3OS2. The fourth-order valence-electron chi connectivity index (χ4n) is 2.10. The Bertz CT molecular complexity index is 716. The van der Waals surface area contributed by atoms with Crippen LogP contribution in [0.25, 0.3) is 10.1 Å². The number of pyridine rings is 1. The summed E-state index contributed by atoms with van der Waals surface area (Å²) in [5, 5.41) is 3.76. The van der Waals surface area contributed by atoms with Gasteiger partial charge in [0.05, 0.1) is 11.4 Å². The van der Waals surface area contributed by atoms with Crippen LogP contribution in [0.5, 0.6) is 0 Å². The molecule has 0 aliphatic carbocycles. The van der Waals surface area contributed by atoms with E-state index in [2.05, 4.69) is 16.2 Å². The summed E-state index contributed by atoms with van der Waals surface area (Å²) in [6.07, 6.45) is 5.17. The Hall–Kier alpha value is -1.71. The molecule has 2 heterocycles. The molecule has 0 saturated heterocycles. The van der Waals surface area contributed by atoms with E-state index in [9.17, 15) is 4.79 Å². The van der Waals surface area contributed by atoms with Gasteiger partial charge in [-0.1, -0.05) is 5.92 Å². The van der Waals surface area contributed by atoms with Crippen LogP contribution < -0.4 is 11.1 Å². The summed E-state index contributed by atoms with van der Waals surface area (Å²) in [6, 6.07) is 1.96. The van der Waals surface area contributed by atoms with Crippen molar-refractivity contribution in [3.63, 3.8) is 0 Å². The fourth-order valence-corrected chi connectivity index (χ4v) is 3.79. The standard InChI is InChI=1S/C15H17N3OS2/c1-4-6-20-7-5-17-15(19)14-13(16)12-10(3)18-9(2)8-11(12)21-14/h1,8H,5-7,16H2,2-3H3,(H,17,19). The third-order valence-corrected chi connectivity index (χ3v) is 4.96. The summed E-state index contributed by atoms with van der Waals surface area (Å²) in [5.41, 5.74) is 8.44. The number of terminal acetylenes is 1. The second kappa shape index (κ2) is 6.83. The van der Waals surface area contributed by atoms with Gasteiger partial charge in [-0.2, -0.15) is 0 Å². The van der Waals surface area contributed by atoms with Gasteiger partial charge in [-0.25, -0.2) is 0 Å². The van der Waals surface area contributed by atoms with E-state index in [0.29, 0.717) is 22.9 Å². The number of carbonyl (C=O) groups excluding carboxylic acids is 1. The van der Waals surface area contributed by atoms with Crippen molar-refractivity contribution in [2.75, 3.05) is 23.8 Å². The maximum atomic E-state index is 12.2. The number of aryl methyl sites for hydroxylation is 2. The lowest BCUT2D eigenvalue weighted by Gasteiger charge is -2.03. The quantitative estimate of drug-likeness (QED) is 0.656. The highest BCUT2D eigenvalue weighted by Crippen LogP contribution is 2.35. The first-order chi connectivity index (χ1) is 10.0. The SMILES string of the molecule is C#CCSCCNC(=O)c1sc2cc(C)nc(C)c2c1N. The second-order valence-corrected chi connectivity index (χ2v) is 6.74. The van der Waals surface area contributed by atoms with E-state index in [4.69, 9.17) is 12.2 Å². The van der Waals surface area contributed by atoms with E-state index in [1.54, 1.807) is 11.8 Å². The largest absolute Gasteiger partial charge is 0.397 e. The molecule has 0 aliphatic rings. The number of thioether (sulfide) groups is 1. The summed E-state index contributed by atoms with van der Waals surface area (Å²) >= 11 is 3.03. The minimum absolute atomic E-state index is 0.132. The molecule has 6 heteroatoms. The molecule has 0 bridgehead atoms. The number of rotatable bonds is 5. The summed E-state index contributed by atoms with van der Waals surface area (Å²) in [5.74, 6) is 3.87. The van der Waals surface area contributed by atoms with Crippen molar-refractivity contribution in [1.82, 2.24) is 10.3 Å². The molecule has 0 aromatic carbocycles. The van der Waals surface area contributed by atoms with Gasteiger partial charge in [-0.15, -0.1) is 29.5 Å². The van der Waals surface area contributed by atoms with Crippen LogP contribution in [0, 0.1) is 26.2 Å². The molecule has 2 aromatic rings. The van der Waals surface area contributed by atoms with E-state index in [1.165, 1.54) is 11.3 Å². The number of nitrogens with two attached hydrogens (primary N) is 1. The van der Waals surface area contributed by atoms with Crippen LogP contribution in [0.2, 0.25) is 0 Å². The van der Waals surface area contributed by atoms with E-state index >= 15 is 0 Å². The van der Waals surface area contributed by atoms with Crippen LogP contribution in [-0.2, 0) is 0 Å². The Labute approximate surface area is 132 Å². The second-order valence-electron chi connectivity index (χ2n) is 4.58. The third kappa shape index (κ3) is 3.49. The maximum absolute atomic E-state index is 12.2. The number of hydrogen-bond donors (Lipinski definition) is 2. The minimum atomic E-state index is -0.132. The molecular weight excluding hydrogens is 302 g/mol. The number of fused-ring (bicyclic) bond motifs is 1. The molecule has 2 aromatic heterocycles. The maximum Gasteiger partial charge on any atom is 0.263 e. The molecule has 0 fully saturated rings. The lowest BCUT2D eigenvalue weighted by Crippen LogP contribution is -2.25. The molecule has 0 saturated carbocycles. The number of nitrogen functional groups attached to an aromatic ring is 1. The number of carbonyl (C=O) groups is 1. The van der Waals surface area contributed by atoms with E-state index in [-0.39, 0.29) is 5.91 Å². The van der Waals surface area contributed by atoms with E-state index < -0.39 is 0 Å². The number of hydrogen-bond acceptors (Lipinski definition) is 5. The number of thiophene rings is 1. The third-order valence-electron chi connectivity index (χ3n) is 2.94. The number of nitrogens with one attached hydrogen (secondary N) is 1. The molecule has 0 spiro atoms. The Balaban J connectivity index is 2.15. The van der Waals surface area contributed by atoms with Gasteiger partial charge in [-0.3, -0.25) is 9.78 Å². The highest BCUT2D eigenvalue weighted by Gasteiger charge is 2.18. The van der Waals surface area contributed by atoms with E-state index in [0.717, 1.165) is 27.2 Å². The van der Waals surface area contributed by atoms with Gasteiger partial charge in [0.15, 0.2) is 0 Å². The summed E-state index contributed by atoms with van der Waals surface area (Å²) in [6.45, 7) is 4.43. The Kier molecular flexibility index (Phi) is 5.10. The summed E-state index contributed by atoms with van der Waals surface area (Å²) < 4.78 is 1.00. The van der Waals surface area contributed by atoms with Crippen molar-refractivity contribution < 1.29 is 4.79 Å². The molecule has 0 atom stereocenters. The van der Waals surface area contributed by atoms with Gasteiger partial charge >= 0.3 is 0 Å². The van der Waals surface area contributed by atoms with Crippen molar-refractivity contribution >= 4 is 44.8 Å². The molecule has 0 unspecified atom stereocenters. The molecule has 110 valence electrons. The number of anilines is 1. The van der Waals surface area contributed by atoms with Crippen molar-refractivity contribution in [3.05, 3.63) is 22.3 Å². The van der Waals surface area contributed by atoms with Gasteiger partial charge in [0.25, 0.3) is 5.91 Å². The average molecular weight is 319 g/mol. The van der Waals surface area contributed by atoms with Crippen LogP contribution in [0.4, 0.5) is 5.69 Å². The topological polar surface area (TPSA) is 68.0 Å². The lowest BCUT2D eigenvalue weighted by atomic mass is 10.2. The van der Waals surface area contributed by atoms with Gasteiger partial charge in [0, 0.05) is 33.8 Å². The van der Waals surface area contributed by atoms with Gasteiger partial charge in [0.2, 0.25) is 0 Å².